The number of hydrogen-bond donors (Lipinski definition) is 2. The van der Waals surface area contributed by atoms with Crippen LogP contribution in [0.3, 0.4) is 0 Å². The fourth-order valence-electron chi connectivity index (χ4n) is 2.39. The first-order valence-electron chi connectivity index (χ1n) is 7.02. The zero-order chi connectivity index (χ0) is 15.4. The summed E-state index contributed by atoms with van der Waals surface area (Å²) in [6, 6.07) is 0.399. The molecule has 1 aliphatic heterocycles. The van der Waals surface area contributed by atoms with Gasteiger partial charge in [-0.05, 0) is 30.0 Å². The van der Waals surface area contributed by atoms with E-state index in [0.29, 0.717) is 16.2 Å². The molecule has 1 aliphatic rings. The molecule has 2 N–H and O–H groups in total. The maximum absolute atomic E-state index is 12.0. The summed E-state index contributed by atoms with van der Waals surface area (Å²) in [7, 11) is 4.24. The van der Waals surface area contributed by atoms with E-state index in [9.17, 15) is 4.79 Å². The normalized spacial score (nSPS) is 20.7. The molecule has 0 aromatic carbocycles. The highest BCUT2D eigenvalue weighted by atomic mass is 79.9. The number of nitrogens with one attached hydrogen (secondary N) is 1. The van der Waals surface area contributed by atoms with Crippen molar-refractivity contribution in [3.8, 4) is 0 Å². The predicted octanol–water partition coefficient (Wildman–Crippen LogP) is -0.344. The quantitative estimate of drug-likeness (QED) is 0.748. The van der Waals surface area contributed by atoms with Crippen molar-refractivity contribution in [2.75, 3.05) is 52.2 Å². The van der Waals surface area contributed by atoms with E-state index < -0.39 is 0 Å². The van der Waals surface area contributed by atoms with Crippen LogP contribution in [0.1, 0.15) is 0 Å². The molecular weight excluding hydrogens is 338 g/mol. The number of aliphatic hydroxyl groups is 1. The molecule has 1 unspecified atom stereocenters. The average molecular weight is 360 g/mol. The molecule has 7 nitrogen and oxygen atoms in total. The second-order valence-corrected chi connectivity index (χ2v) is 6.19. The van der Waals surface area contributed by atoms with Crippen molar-refractivity contribution >= 4 is 21.6 Å². The van der Waals surface area contributed by atoms with Crippen LogP contribution < -0.4 is 10.9 Å². The van der Waals surface area contributed by atoms with Gasteiger partial charge in [-0.3, -0.25) is 9.69 Å². The van der Waals surface area contributed by atoms with E-state index in [0.717, 1.165) is 26.2 Å². The Morgan fingerprint density at radius 3 is 2.95 bits per heavy atom. The Bertz CT molecular complexity index is 536. The highest BCUT2D eigenvalue weighted by Crippen LogP contribution is 2.17. The van der Waals surface area contributed by atoms with Crippen LogP contribution in [0.25, 0.3) is 0 Å². The Hall–Kier alpha value is -0.960. The highest BCUT2D eigenvalue weighted by Gasteiger charge is 2.22. The van der Waals surface area contributed by atoms with Crippen LogP contribution in [0, 0.1) is 0 Å². The summed E-state index contributed by atoms with van der Waals surface area (Å²) in [5, 5.41) is 16.2. The zero-order valence-corrected chi connectivity index (χ0v) is 14.0. The molecule has 0 bridgehead atoms. The summed E-state index contributed by atoms with van der Waals surface area (Å²) in [5.41, 5.74) is 0.457. The molecule has 0 aliphatic carbocycles. The van der Waals surface area contributed by atoms with Gasteiger partial charge in [-0.1, -0.05) is 0 Å². The summed E-state index contributed by atoms with van der Waals surface area (Å²) in [5.74, 6) is 0. The van der Waals surface area contributed by atoms with Gasteiger partial charge in [0.25, 0.3) is 5.56 Å². The first-order chi connectivity index (χ1) is 10.0. The zero-order valence-electron chi connectivity index (χ0n) is 12.4. The van der Waals surface area contributed by atoms with Crippen molar-refractivity contribution < 1.29 is 5.11 Å². The smallest absolute Gasteiger partial charge is 0.283 e. The van der Waals surface area contributed by atoms with Gasteiger partial charge < -0.3 is 15.3 Å². The van der Waals surface area contributed by atoms with Gasteiger partial charge in [-0.15, -0.1) is 0 Å². The third kappa shape index (κ3) is 4.03. The van der Waals surface area contributed by atoms with Gasteiger partial charge >= 0.3 is 0 Å². The molecule has 1 aromatic heterocycles. The average Bonchev–Trinajstić information content (AvgIpc) is 2.46. The van der Waals surface area contributed by atoms with Crippen LogP contribution in [0.5, 0.6) is 0 Å². The number of halogens is 1. The SMILES string of the molecule is CN1CCN(C)C(CNc2cnn(CCO)c(=O)c2Br)C1. The number of piperazine rings is 1. The molecule has 0 spiro atoms. The molecule has 1 saturated heterocycles. The maximum Gasteiger partial charge on any atom is 0.283 e. The monoisotopic (exact) mass is 359 g/mol. The minimum Gasteiger partial charge on any atom is -0.394 e. The Labute approximate surface area is 132 Å². The Kier molecular flexibility index (Phi) is 5.74. The van der Waals surface area contributed by atoms with Crippen molar-refractivity contribution in [2.45, 2.75) is 12.6 Å². The van der Waals surface area contributed by atoms with Crippen molar-refractivity contribution in [2.24, 2.45) is 0 Å². The van der Waals surface area contributed by atoms with Crippen LogP contribution in [0.4, 0.5) is 5.69 Å². The van der Waals surface area contributed by atoms with Crippen molar-refractivity contribution in [1.29, 1.82) is 0 Å². The van der Waals surface area contributed by atoms with E-state index in [1.165, 1.54) is 4.68 Å². The summed E-state index contributed by atoms with van der Waals surface area (Å²) >= 11 is 3.31. The molecule has 0 radical (unpaired) electrons. The Morgan fingerprint density at radius 1 is 1.48 bits per heavy atom. The lowest BCUT2D eigenvalue weighted by Gasteiger charge is -2.37. The van der Waals surface area contributed by atoms with E-state index in [-0.39, 0.29) is 18.7 Å². The molecule has 2 rings (SSSR count). The van der Waals surface area contributed by atoms with E-state index in [4.69, 9.17) is 5.11 Å². The second kappa shape index (κ2) is 7.35. The van der Waals surface area contributed by atoms with Crippen molar-refractivity contribution in [3.63, 3.8) is 0 Å². The number of rotatable bonds is 5. The molecule has 2 heterocycles. The number of aliphatic hydroxyl groups excluding tert-OH is 1. The number of hydrogen-bond acceptors (Lipinski definition) is 6. The lowest BCUT2D eigenvalue weighted by atomic mass is 10.2. The van der Waals surface area contributed by atoms with E-state index in [1.807, 2.05) is 0 Å². The van der Waals surface area contributed by atoms with Crippen LogP contribution in [-0.2, 0) is 6.54 Å². The fraction of sp³-hybridized carbons (Fsp3) is 0.692. The summed E-state index contributed by atoms with van der Waals surface area (Å²) in [4.78, 5) is 16.7. The number of anilines is 1. The van der Waals surface area contributed by atoms with Gasteiger partial charge in [0.1, 0.15) is 4.47 Å². The second-order valence-electron chi connectivity index (χ2n) is 5.40. The molecule has 1 aromatic rings. The van der Waals surface area contributed by atoms with E-state index >= 15 is 0 Å². The van der Waals surface area contributed by atoms with Crippen LogP contribution >= 0.6 is 15.9 Å². The lowest BCUT2D eigenvalue weighted by molar-refractivity contribution is 0.122. The highest BCUT2D eigenvalue weighted by molar-refractivity contribution is 9.10. The summed E-state index contributed by atoms with van der Waals surface area (Å²) < 4.78 is 1.70. The number of aromatic nitrogens is 2. The van der Waals surface area contributed by atoms with Gasteiger partial charge in [0.15, 0.2) is 0 Å². The predicted molar refractivity (Wildman–Crippen MR) is 85.7 cm³/mol. The number of likely N-dealkylation sites (N-methyl/N-ethyl adjacent to an activating group) is 2. The summed E-state index contributed by atoms with van der Waals surface area (Å²) in [6.07, 6.45) is 1.62. The fourth-order valence-corrected chi connectivity index (χ4v) is 2.84. The minimum atomic E-state index is -0.233. The molecule has 0 saturated carbocycles. The van der Waals surface area contributed by atoms with E-state index in [2.05, 4.69) is 50.2 Å². The Morgan fingerprint density at radius 2 is 2.24 bits per heavy atom. The molecule has 118 valence electrons. The van der Waals surface area contributed by atoms with Crippen LogP contribution in [0.15, 0.2) is 15.5 Å². The molecule has 1 atom stereocenters. The molecule has 8 heteroatoms. The number of nitrogens with zero attached hydrogens (tertiary/aromatic N) is 4. The third-order valence-electron chi connectivity index (χ3n) is 3.81. The maximum atomic E-state index is 12.0. The largest absolute Gasteiger partial charge is 0.394 e. The van der Waals surface area contributed by atoms with Crippen molar-refractivity contribution in [3.05, 3.63) is 21.0 Å². The van der Waals surface area contributed by atoms with E-state index in [1.54, 1.807) is 6.20 Å². The van der Waals surface area contributed by atoms with Gasteiger partial charge in [0.2, 0.25) is 0 Å². The molecular formula is C13H22BrN5O2. The standard InChI is InChI=1S/C13H22BrN5O2/c1-17-3-4-18(2)10(9-17)7-15-11-8-16-19(5-6-20)13(21)12(11)14/h8,10,15,20H,3-7,9H2,1-2H3. The molecule has 21 heavy (non-hydrogen) atoms. The minimum absolute atomic E-state index is 0.106. The van der Waals surface area contributed by atoms with Crippen molar-refractivity contribution in [1.82, 2.24) is 19.6 Å². The molecule has 1 fully saturated rings. The first-order valence-corrected chi connectivity index (χ1v) is 7.81. The first kappa shape index (κ1) is 16.4. The van der Waals surface area contributed by atoms with Gasteiger partial charge in [-0.25, -0.2) is 4.68 Å². The lowest BCUT2D eigenvalue weighted by Crippen LogP contribution is -2.52. The van der Waals surface area contributed by atoms with Gasteiger partial charge in [0, 0.05) is 32.2 Å². The van der Waals surface area contributed by atoms with Gasteiger partial charge in [0.05, 0.1) is 25.0 Å². The van der Waals surface area contributed by atoms with Crippen LogP contribution in [0.2, 0.25) is 0 Å². The van der Waals surface area contributed by atoms with Gasteiger partial charge in [-0.2, -0.15) is 5.10 Å². The summed E-state index contributed by atoms with van der Waals surface area (Å²) in [6.45, 7) is 3.97. The topological polar surface area (TPSA) is 73.6 Å². The molecule has 0 amide bonds. The van der Waals surface area contributed by atoms with Crippen LogP contribution in [-0.4, -0.2) is 77.6 Å². The third-order valence-corrected chi connectivity index (χ3v) is 4.57. The Balaban J connectivity index is 2.03.